The number of piperidine rings is 1. The zero-order valence-electron chi connectivity index (χ0n) is 12.3. The van der Waals surface area contributed by atoms with Crippen molar-refractivity contribution < 1.29 is 4.79 Å². The predicted octanol–water partition coefficient (Wildman–Crippen LogP) is 1.45. The van der Waals surface area contributed by atoms with Gasteiger partial charge in [-0.05, 0) is 51.1 Å². The van der Waals surface area contributed by atoms with Gasteiger partial charge in [0.15, 0.2) is 0 Å². The number of rotatable bonds is 6. The van der Waals surface area contributed by atoms with Crippen LogP contribution in [0.2, 0.25) is 0 Å². The Morgan fingerprint density at radius 1 is 1.32 bits per heavy atom. The number of hydrogen-bond donors (Lipinski definition) is 1. The summed E-state index contributed by atoms with van der Waals surface area (Å²) in [6.45, 7) is 3.60. The molecule has 0 spiro atoms. The van der Waals surface area contributed by atoms with Gasteiger partial charge in [0.2, 0.25) is 5.91 Å². The third-order valence-electron chi connectivity index (χ3n) is 4.84. The fourth-order valence-corrected chi connectivity index (χ4v) is 3.72. The molecule has 1 saturated heterocycles. The second-order valence-electron chi connectivity index (χ2n) is 6.14. The molecule has 2 fully saturated rings. The van der Waals surface area contributed by atoms with Crippen LogP contribution in [0.4, 0.5) is 0 Å². The van der Waals surface area contributed by atoms with Gasteiger partial charge in [-0.15, -0.1) is 0 Å². The van der Waals surface area contributed by atoms with Gasteiger partial charge in [0.05, 0.1) is 0 Å². The standard InChI is InChI=1S/C15H29N3O/c1-17(10-4-9-16)15(19)8-12-18-11-3-6-13-5-2-7-14(13)18/h13-14H,2-12,16H2,1H3. The molecule has 2 N–H and O–H groups in total. The molecule has 2 unspecified atom stereocenters. The Bertz CT molecular complexity index is 295. The first-order valence-electron chi connectivity index (χ1n) is 7.90. The lowest BCUT2D eigenvalue weighted by Gasteiger charge is -2.37. The lowest BCUT2D eigenvalue weighted by Crippen LogP contribution is -2.44. The molecule has 2 atom stereocenters. The van der Waals surface area contributed by atoms with E-state index in [-0.39, 0.29) is 5.91 Å². The van der Waals surface area contributed by atoms with Gasteiger partial charge in [-0.25, -0.2) is 0 Å². The molecule has 0 aromatic carbocycles. The Hall–Kier alpha value is -0.610. The van der Waals surface area contributed by atoms with E-state index in [4.69, 9.17) is 5.73 Å². The van der Waals surface area contributed by atoms with Crippen molar-refractivity contribution in [1.29, 1.82) is 0 Å². The fourth-order valence-electron chi connectivity index (χ4n) is 3.72. The van der Waals surface area contributed by atoms with Crippen molar-refractivity contribution in [2.24, 2.45) is 11.7 Å². The second-order valence-corrected chi connectivity index (χ2v) is 6.14. The van der Waals surface area contributed by atoms with Crippen molar-refractivity contribution in [3.63, 3.8) is 0 Å². The quantitative estimate of drug-likeness (QED) is 0.792. The van der Waals surface area contributed by atoms with Gasteiger partial charge in [-0.3, -0.25) is 9.69 Å². The average molecular weight is 267 g/mol. The lowest BCUT2D eigenvalue weighted by atomic mass is 9.92. The minimum Gasteiger partial charge on any atom is -0.346 e. The zero-order chi connectivity index (χ0) is 13.7. The van der Waals surface area contributed by atoms with E-state index in [1.165, 1.54) is 38.6 Å². The summed E-state index contributed by atoms with van der Waals surface area (Å²) in [6.07, 6.45) is 8.44. The molecule has 2 aliphatic rings. The first kappa shape index (κ1) is 14.8. The highest BCUT2D eigenvalue weighted by Gasteiger charge is 2.34. The molecule has 4 heteroatoms. The van der Waals surface area contributed by atoms with Gasteiger partial charge in [0.25, 0.3) is 0 Å². The molecule has 1 amide bonds. The van der Waals surface area contributed by atoms with Gasteiger partial charge in [-0.2, -0.15) is 0 Å². The van der Waals surface area contributed by atoms with Gasteiger partial charge < -0.3 is 10.6 Å². The van der Waals surface area contributed by atoms with Crippen LogP contribution >= 0.6 is 0 Å². The van der Waals surface area contributed by atoms with Crippen LogP contribution in [-0.4, -0.2) is 55.0 Å². The van der Waals surface area contributed by atoms with Gasteiger partial charge in [0.1, 0.15) is 0 Å². The number of nitrogens with two attached hydrogens (primary N) is 1. The summed E-state index contributed by atoms with van der Waals surface area (Å²) in [5.41, 5.74) is 5.48. The molecule has 1 aliphatic carbocycles. The van der Waals surface area contributed by atoms with Crippen LogP contribution in [0.15, 0.2) is 0 Å². The Morgan fingerprint density at radius 3 is 2.89 bits per heavy atom. The molecule has 19 heavy (non-hydrogen) atoms. The van der Waals surface area contributed by atoms with E-state index in [9.17, 15) is 4.79 Å². The third kappa shape index (κ3) is 3.93. The van der Waals surface area contributed by atoms with E-state index < -0.39 is 0 Å². The molecule has 0 radical (unpaired) electrons. The largest absolute Gasteiger partial charge is 0.346 e. The molecule has 2 rings (SSSR count). The van der Waals surface area contributed by atoms with Crippen LogP contribution in [-0.2, 0) is 4.79 Å². The number of amides is 1. The van der Waals surface area contributed by atoms with Crippen LogP contribution < -0.4 is 5.73 Å². The van der Waals surface area contributed by atoms with Crippen molar-refractivity contribution in [2.45, 2.75) is 51.0 Å². The van der Waals surface area contributed by atoms with Gasteiger partial charge >= 0.3 is 0 Å². The second kappa shape index (κ2) is 7.25. The Kier molecular flexibility index (Phi) is 5.64. The summed E-state index contributed by atoms with van der Waals surface area (Å²) in [5.74, 6) is 1.19. The van der Waals surface area contributed by atoms with Crippen molar-refractivity contribution in [2.75, 3.05) is 33.2 Å². The SMILES string of the molecule is CN(CCCN)C(=O)CCN1CCCC2CCCC21. The number of carbonyl (C=O) groups excluding carboxylic acids is 1. The molecule has 0 aromatic rings. The molecule has 4 nitrogen and oxygen atoms in total. The van der Waals surface area contributed by atoms with Gasteiger partial charge in [-0.1, -0.05) is 6.42 Å². The summed E-state index contributed by atoms with van der Waals surface area (Å²) in [5, 5.41) is 0. The van der Waals surface area contributed by atoms with Crippen molar-refractivity contribution in [3.05, 3.63) is 0 Å². The van der Waals surface area contributed by atoms with E-state index >= 15 is 0 Å². The van der Waals surface area contributed by atoms with Crippen LogP contribution in [0.1, 0.15) is 44.9 Å². The van der Waals surface area contributed by atoms with Gasteiger partial charge in [0, 0.05) is 32.6 Å². The first-order chi connectivity index (χ1) is 9.22. The molecule has 0 bridgehead atoms. The van der Waals surface area contributed by atoms with E-state index in [0.29, 0.717) is 13.0 Å². The summed E-state index contributed by atoms with van der Waals surface area (Å²) >= 11 is 0. The van der Waals surface area contributed by atoms with Crippen LogP contribution in [0, 0.1) is 5.92 Å². The van der Waals surface area contributed by atoms with Crippen molar-refractivity contribution in [1.82, 2.24) is 9.80 Å². The minimum atomic E-state index is 0.272. The maximum Gasteiger partial charge on any atom is 0.223 e. The summed E-state index contributed by atoms with van der Waals surface area (Å²) < 4.78 is 0. The van der Waals surface area contributed by atoms with Crippen molar-refractivity contribution in [3.8, 4) is 0 Å². The highest BCUT2D eigenvalue weighted by molar-refractivity contribution is 5.76. The van der Waals surface area contributed by atoms with E-state index in [0.717, 1.165) is 31.5 Å². The molecule has 1 saturated carbocycles. The van der Waals surface area contributed by atoms with E-state index in [1.54, 1.807) is 0 Å². The Balaban J connectivity index is 1.73. The summed E-state index contributed by atoms with van der Waals surface area (Å²) in [7, 11) is 1.90. The number of likely N-dealkylation sites (tertiary alicyclic amines) is 1. The van der Waals surface area contributed by atoms with E-state index in [2.05, 4.69) is 4.90 Å². The summed E-state index contributed by atoms with van der Waals surface area (Å²) in [4.78, 5) is 16.5. The number of nitrogens with zero attached hydrogens (tertiary/aromatic N) is 2. The lowest BCUT2D eigenvalue weighted by molar-refractivity contribution is -0.130. The summed E-state index contributed by atoms with van der Waals surface area (Å²) in [6, 6.07) is 0.774. The topological polar surface area (TPSA) is 49.6 Å². The monoisotopic (exact) mass is 267 g/mol. The molecule has 1 heterocycles. The van der Waals surface area contributed by atoms with E-state index in [1.807, 2.05) is 11.9 Å². The third-order valence-corrected chi connectivity index (χ3v) is 4.84. The number of fused-ring (bicyclic) bond motifs is 1. The number of hydrogen-bond acceptors (Lipinski definition) is 3. The van der Waals surface area contributed by atoms with Crippen LogP contribution in [0.25, 0.3) is 0 Å². The maximum absolute atomic E-state index is 12.0. The smallest absolute Gasteiger partial charge is 0.223 e. The normalized spacial score (nSPS) is 27.3. The minimum absolute atomic E-state index is 0.272. The molecule has 0 aromatic heterocycles. The molecule has 1 aliphatic heterocycles. The predicted molar refractivity (Wildman–Crippen MR) is 77.9 cm³/mol. The fraction of sp³-hybridized carbons (Fsp3) is 0.933. The Morgan fingerprint density at radius 2 is 2.11 bits per heavy atom. The highest BCUT2D eigenvalue weighted by Crippen LogP contribution is 2.36. The maximum atomic E-state index is 12.0. The average Bonchev–Trinajstić information content (AvgIpc) is 2.90. The zero-order valence-corrected chi connectivity index (χ0v) is 12.3. The van der Waals surface area contributed by atoms with Crippen LogP contribution in [0.5, 0.6) is 0 Å². The number of carbonyl (C=O) groups is 1. The highest BCUT2D eigenvalue weighted by atomic mass is 16.2. The van der Waals surface area contributed by atoms with Crippen LogP contribution in [0.3, 0.4) is 0 Å². The molecular formula is C15H29N3O. The first-order valence-corrected chi connectivity index (χ1v) is 7.90. The Labute approximate surface area is 117 Å². The van der Waals surface area contributed by atoms with Crippen molar-refractivity contribution >= 4 is 5.91 Å². The molecular weight excluding hydrogens is 238 g/mol. The molecule has 110 valence electrons.